The van der Waals surface area contributed by atoms with Gasteiger partial charge in [0.05, 0.1) is 23.4 Å². The van der Waals surface area contributed by atoms with Crippen molar-refractivity contribution in [2.45, 2.75) is 39.2 Å². The predicted octanol–water partition coefficient (Wildman–Crippen LogP) is 3.80. The molecule has 1 atom stereocenters. The highest BCUT2D eigenvalue weighted by atomic mass is 32.1. The third kappa shape index (κ3) is 3.22. The van der Waals surface area contributed by atoms with Gasteiger partial charge in [0.1, 0.15) is 4.88 Å². The number of thiazole rings is 1. The molecule has 1 aromatic heterocycles. The normalized spacial score (nSPS) is 16.6. The fraction of sp³-hybridized carbons (Fsp3) is 0.412. The molecule has 122 valence electrons. The Bertz CT molecular complexity index is 729. The first kappa shape index (κ1) is 15.9. The van der Waals surface area contributed by atoms with Gasteiger partial charge in [-0.3, -0.25) is 4.79 Å². The third-order valence-electron chi connectivity index (χ3n) is 3.84. The topological polar surface area (TPSA) is 51.2 Å². The Morgan fingerprint density at radius 2 is 2.35 bits per heavy atom. The molecule has 6 heteroatoms. The average molecular weight is 334 g/mol. The number of carbonyl (C=O) groups is 1. The molecular formula is C17H19FN2O2S. The second-order valence-corrected chi connectivity index (χ2v) is 6.68. The first-order valence-corrected chi connectivity index (χ1v) is 8.60. The number of hydrogen-bond acceptors (Lipinski definition) is 4. The number of ether oxygens (including phenoxy) is 1. The van der Waals surface area contributed by atoms with Crippen molar-refractivity contribution in [1.29, 1.82) is 0 Å². The Morgan fingerprint density at radius 3 is 3.13 bits per heavy atom. The van der Waals surface area contributed by atoms with Gasteiger partial charge in [0.15, 0.2) is 11.6 Å². The minimum Gasteiger partial charge on any atom is -0.490 e. The van der Waals surface area contributed by atoms with E-state index in [1.54, 1.807) is 12.1 Å². The molecule has 1 aliphatic rings. The van der Waals surface area contributed by atoms with E-state index in [0.29, 0.717) is 23.5 Å². The van der Waals surface area contributed by atoms with Crippen molar-refractivity contribution >= 4 is 17.2 Å². The van der Waals surface area contributed by atoms with Crippen LogP contribution < -0.4 is 10.1 Å². The lowest BCUT2D eigenvalue weighted by molar-refractivity contribution is 0.0927. The number of nitrogens with one attached hydrogen (secondary N) is 1. The molecule has 0 aliphatic carbocycles. The van der Waals surface area contributed by atoms with Gasteiger partial charge in [-0.25, -0.2) is 9.37 Å². The molecule has 1 aliphatic heterocycles. The van der Waals surface area contributed by atoms with E-state index in [9.17, 15) is 9.18 Å². The maximum Gasteiger partial charge on any atom is 0.263 e. The summed E-state index contributed by atoms with van der Waals surface area (Å²) in [4.78, 5) is 17.7. The summed E-state index contributed by atoms with van der Waals surface area (Å²) in [5.41, 5.74) is 1.45. The fourth-order valence-corrected chi connectivity index (χ4v) is 3.81. The molecule has 0 bridgehead atoms. The Labute approximate surface area is 138 Å². The number of carbonyl (C=O) groups excluding carboxylic acids is 1. The van der Waals surface area contributed by atoms with Gasteiger partial charge >= 0.3 is 0 Å². The molecule has 0 saturated heterocycles. The summed E-state index contributed by atoms with van der Waals surface area (Å²) in [5, 5.41) is 3.98. The van der Waals surface area contributed by atoms with Crippen LogP contribution in [0.25, 0.3) is 0 Å². The van der Waals surface area contributed by atoms with Gasteiger partial charge in [-0.15, -0.1) is 11.3 Å². The Kier molecular flexibility index (Phi) is 4.61. The zero-order valence-corrected chi connectivity index (χ0v) is 14.0. The van der Waals surface area contributed by atoms with Crippen molar-refractivity contribution in [2.75, 3.05) is 6.61 Å². The zero-order chi connectivity index (χ0) is 16.4. The Balaban J connectivity index is 1.81. The van der Waals surface area contributed by atoms with E-state index < -0.39 is 0 Å². The maximum atomic E-state index is 13.8. The molecule has 1 amide bonds. The predicted molar refractivity (Wildman–Crippen MR) is 87.6 cm³/mol. The molecule has 23 heavy (non-hydrogen) atoms. The number of hydrogen-bond donors (Lipinski definition) is 1. The molecule has 0 radical (unpaired) electrons. The van der Waals surface area contributed by atoms with E-state index in [4.69, 9.17) is 4.74 Å². The molecule has 0 unspecified atom stereocenters. The number of aromatic nitrogens is 1. The largest absolute Gasteiger partial charge is 0.490 e. The molecule has 1 aromatic carbocycles. The maximum absolute atomic E-state index is 13.8. The van der Waals surface area contributed by atoms with E-state index in [-0.39, 0.29) is 23.5 Å². The van der Waals surface area contributed by atoms with E-state index >= 15 is 0 Å². The van der Waals surface area contributed by atoms with Crippen LogP contribution in [0.2, 0.25) is 0 Å². The highest BCUT2D eigenvalue weighted by Crippen LogP contribution is 2.34. The van der Waals surface area contributed by atoms with Crippen LogP contribution in [0, 0.1) is 12.7 Å². The van der Waals surface area contributed by atoms with Gasteiger partial charge in [0.2, 0.25) is 0 Å². The number of rotatable bonds is 4. The first-order chi connectivity index (χ1) is 11.1. The molecule has 0 saturated carbocycles. The van der Waals surface area contributed by atoms with Crippen molar-refractivity contribution in [3.8, 4) is 5.75 Å². The van der Waals surface area contributed by atoms with Crippen LogP contribution in [0.15, 0.2) is 18.2 Å². The molecule has 2 aromatic rings. The second-order valence-electron chi connectivity index (χ2n) is 5.59. The first-order valence-electron chi connectivity index (χ1n) is 7.78. The summed E-state index contributed by atoms with van der Waals surface area (Å²) in [6.45, 7) is 4.33. The van der Waals surface area contributed by atoms with Gasteiger partial charge in [-0.1, -0.05) is 19.1 Å². The number of para-hydroxylation sites is 1. The molecule has 2 heterocycles. The van der Waals surface area contributed by atoms with Crippen LogP contribution in [0.5, 0.6) is 5.75 Å². The standard InChI is InChI=1S/C17H19FN2O2S/c1-3-5-14-19-10(2)16(23-14)17(21)20-13-8-9-22-15-11(13)6-4-7-12(15)18/h4,6-7,13H,3,5,8-9H2,1-2H3,(H,20,21)/t13-/m0/s1. The highest BCUT2D eigenvalue weighted by Gasteiger charge is 2.26. The molecule has 4 nitrogen and oxygen atoms in total. The van der Waals surface area contributed by atoms with Gasteiger partial charge in [0, 0.05) is 12.0 Å². The number of aryl methyl sites for hydroxylation is 2. The number of nitrogens with zero attached hydrogens (tertiary/aromatic N) is 1. The SMILES string of the molecule is CCCc1nc(C)c(C(=O)N[C@H]2CCOc3c(F)cccc32)s1. The van der Waals surface area contributed by atoms with Crippen molar-refractivity contribution < 1.29 is 13.9 Å². The number of halogens is 1. The molecule has 1 N–H and O–H groups in total. The summed E-state index contributed by atoms with van der Waals surface area (Å²) >= 11 is 1.44. The number of fused-ring (bicyclic) bond motifs is 1. The van der Waals surface area contributed by atoms with E-state index in [1.807, 2.05) is 6.92 Å². The highest BCUT2D eigenvalue weighted by molar-refractivity contribution is 7.13. The van der Waals surface area contributed by atoms with Crippen molar-refractivity contribution in [1.82, 2.24) is 10.3 Å². The van der Waals surface area contributed by atoms with Crippen LogP contribution in [0.1, 0.15) is 51.7 Å². The summed E-state index contributed by atoms with van der Waals surface area (Å²) in [5.74, 6) is -0.290. The van der Waals surface area contributed by atoms with Crippen LogP contribution in [0.3, 0.4) is 0 Å². The number of amides is 1. The summed E-state index contributed by atoms with van der Waals surface area (Å²) in [6, 6.07) is 4.56. The number of benzene rings is 1. The summed E-state index contributed by atoms with van der Waals surface area (Å²) in [6.07, 6.45) is 2.51. The lowest BCUT2D eigenvalue weighted by Crippen LogP contribution is -2.32. The van der Waals surface area contributed by atoms with E-state index in [2.05, 4.69) is 17.2 Å². The molecule has 0 spiro atoms. The monoisotopic (exact) mass is 334 g/mol. The smallest absolute Gasteiger partial charge is 0.263 e. The molecule has 0 fully saturated rings. The van der Waals surface area contributed by atoms with Crippen molar-refractivity contribution in [3.05, 3.63) is 45.2 Å². The third-order valence-corrected chi connectivity index (χ3v) is 5.06. The van der Waals surface area contributed by atoms with Gasteiger partial charge in [-0.2, -0.15) is 0 Å². The minimum absolute atomic E-state index is 0.149. The second kappa shape index (κ2) is 6.66. The summed E-state index contributed by atoms with van der Waals surface area (Å²) in [7, 11) is 0. The van der Waals surface area contributed by atoms with Crippen LogP contribution >= 0.6 is 11.3 Å². The fourth-order valence-electron chi connectivity index (χ4n) is 2.74. The van der Waals surface area contributed by atoms with E-state index in [1.165, 1.54) is 17.4 Å². The summed E-state index contributed by atoms with van der Waals surface area (Å²) < 4.78 is 19.2. The van der Waals surface area contributed by atoms with Crippen LogP contribution in [-0.4, -0.2) is 17.5 Å². The lowest BCUT2D eigenvalue weighted by Gasteiger charge is -2.26. The van der Waals surface area contributed by atoms with Crippen LogP contribution in [0.4, 0.5) is 4.39 Å². The Hall–Kier alpha value is -1.95. The quantitative estimate of drug-likeness (QED) is 0.925. The average Bonchev–Trinajstić information content (AvgIpc) is 2.89. The zero-order valence-electron chi connectivity index (χ0n) is 13.2. The van der Waals surface area contributed by atoms with E-state index in [0.717, 1.165) is 23.5 Å². The van der Waals surface area contributed by atoms with Crippen molar-refractivity contribution in [2.24, 2.45) is 0 Å². The molecule has 3 rings (SSSR count). The van der Waals surface area contributed by atoms with Crippen LogP contribution in [-0.2, 0) is 6.42 Å². The van der Waals surface area contributed by atoms with Gasteiger partial charge in [-0.05, 0) is 25.8 Å². The molecular weight excluding hydrogens is 315 g/mol. The van der Waals surface area contributed by atoms with Crippen molar-refractivity contribution in [3.63, 3.8) is 0 Å². The van der Waals surface area contributed by atoms with Gasteiger partial charge in [0.25, 0.3) is 5.91 Å². The lowest BCUT2D eigenvalue weighted by atomic mass is 10.00. The van der Waals surface area contributed by atoms with Gasteiger partial charge < -0.3 is 10.1 Å². The Morgan fingerprint density at radius 1 is 1.52 bits per heavy atom. The minimum atomic E-state index is -0.388.